The van der Waals surface area contributed by atoms with E-state index in [0.717, 1.165) is 22.0 Å². The number of carboxylic acids is 1. The topological polar surface area (TPSA) is 100 Å². The molecule has 2 aromatic carbocycles. The summed E-state index contributed by atoms with van der Waals surface area (Å²) in [5.74, 6) is 5.81. The molecule has 1 aromatic heterocycles. The molecule has 8 nitrogen and oxygen atoms in total. The number of aryl methyl sites for hydroxylation is 1. The SMILES string of the molecule is Cn1ncc2c(C#Cc3cccc(OC4NNNC4C(=O)O)c3)cccc21. The highest BCUT2D eigenvalue weighted by Crippen LogP contribution is 2.18. The molecule has 3 aromatic rings. The summed E-state index contributed by atoms with van der Waals surface area (Å²) in [5, 5.41) is 14.4. The van der Waals surface area contributed by atoms with Gasteiger partial charge in [0.15, 0.2) is 12.3 Å². The number of carbonyl (C=O) groups is 1. The van der Waals surface area contributed by atoms with Gasteiger partial charge in [-0.1, -0.05) is 24.0 Å². The van der Waals surface area contributed by atoms with E-state index in [4.69, 9.17) is 9.84 Å². The number of aliphatic carboxylic acids is 1. The van der Waals surface area contributed by atoms with Crippen molar-refractivity contribution < 1.29 is 14.6 Å². The lowest BCUT2D eigenvalue weighted by atomic mass is 10.1. The van der Waals surface area contributed by atoms with E-state index in [1.54, 1.807) is 18.3 Å². The van der Waals surface area contributed by atoms with Crippen molar-refractivity contribution in [1.82, 2.24) is 26.2 Å². The third-order valence-corrected chi connectivity index (χ3v) is 4.24. The molecule has 1 fully saturated rings. The van der Waals surface area contributed by atoms with Crippen LogP contribution in [0.15, 0.2) is 48.7 Å². The Morgan fingerprint density at radius 1 is 1.22 bits per heavy atom. The maximum atomic E-state index is 11.2. The fraction of sp³-hybridized carbons (Fsp3) is 0.158. The summed E-state index contributed by atoms with van der Waals surface area (Å²) in [6.07, 6.45) is 1.06. The van der Waals surface area contributed by atoms with Crippen LogP contribution in [0, 0.1) is 11.8 Å². The normalized spacial score (nSPS) is 18.9. The molecule has 27 heavy (non-hydrogen) atoms. The molecule has 2 unspecified atom stereocenters. The molecule has 1 aliphatic heterocycles. The summed E-state index contributed by atoms with van der Waals surface area (Å²) in [4.78, 5) is 11.2. The lowest BCUT2D eigenvalue weighted by Crippen LogP contribution is -2.44. The van der Waals surface area contributed by atoms with Gasteiger partial charge in [0.1, 0.15) is 5.75 Å². The van der Waals surface area contributed by atoms with Crippen molar-refractivity contribution in [2.24, 2.45) is 7.05 Å². The molecule has 1 saturated heterocycles. The Kier molecular flexibility index (Phi) is 4.48. The van der Waals surface area contributed by atoms with Gasteiger partial charge in [0.25, 0.3) is 0 Å². The van der Waals surface area contributed by atoms with Crippen molar-refractivity contribution in [3.05, 3.63) is 59.8 Å². The molecular formula is C19H17N5O3. The Hall–Kier alpha value is -3.38. The maximum absolute atomic E-state index is 11.2. The van der Waals surface area contributed by atoms with Crippen molar-refractivity contribution in [2.75, 3.05) is 0 Å². The second-order valence-electron chi connectivity index (χ2n) is 6.05. The minimum absolute atomic E-state index is 0.524. The minimum atomic E-state index is -1.02. The van der Waals surface area contributed by atoms with Crippen LogP contribution in [0.3, 0.4) is 0 Å². The second kappa shape index (κ2) is 7.09. The zero-order chi connectivity index (χ0) is 18.8. The van der Waals surface area contributed by atoms with Gasteiger partial charge in [-0.15, -0.1) is 0 Å². The summed E-state index contributed by atoms with van der Waals surface area (Å²) >= 11 is 0. The van der Waals surface area contributed by atoms with E-state index in [0.29, 0.717) is 5.75 Å². The smallest absolute Gasteiger partial charge is 0.327 e. The highest BCUT2D eigenvalue weighted by Gasteiger charge is 2.34. The fourth-order valence-corrected chi connectivity index (χ4v) is 2.86. The average molecular weight is 363 g/mol. The monoisotopic (exact) mass is 363 g/mol. The summed E-state index contributed by atoms with van der Waals surface area (Å²) < 4.78 is 7.53. The van der Waals surface area contributed by atoms with Crippen LogP contribution in [-0.4, -0.2) is 33.1 Å². The zero-order valence-electron chi connectivity index (χ0n) is 14.4. The van der Waals surface area contributed by atoms with Gasteiger partial charge >= 0.3 is 5.97 Å². The van der Waals surface area contributed by atoms with Gasteiger partial charge in [-0.25, -0.2) is 10.9 Å². The molecular weight excluding hydrogens is 346 g/mol. The van der Waals surface area contributed by atoms with Crippen LogP contribution >= 0.6 is 0 Å². The molecule has 136 valence electrons. The molecule has 0 bridgehead atoms. The van der Waals surface area contributed by atoms with Crippen molar-refractivity contribution in [1.29, 1.82) is 0 Å². The molecule has 0 aliphatic carbocycles. The van der Waals surface area contributed by atoms with E-state index in [9.17, 15) is 4.79 Å². The van der Waals surface area contributed by atoms with Gasteiger partial charge in [0.2, 0.25) is 0 Å². The number of carboxylic acid groups (broad SMARTS) is 1. The first-order valence-corrected chi connectivity index (χ1v) is 8.30. The minimum Gasteiger partial charge on any atom is -0.480 e. The number of hydrogen-bond acceptors (Lipinski definition) is 6. The summed E-state index contributed by atoms with van der Waals surface area (Å²) in [6.45, 7) is 0. The summed E-state index contributed by atoms with van der Waals surface area (Å²) in [7, 11) is 1.89. The number of nitrogens with one attached hydrogen (secondary N) is 3. The first kappa shape index (κ1) is 17.1. The van der Waals surface area contributed by atoms with Crippen molar-refractivity contribution in [3.8, 4) is 17.6 Å². The second-order valence-corrected chi connectivity index (χ2v) is 6.05. The molecule has 2 heterocycles. The number of fused-ring (bicyclic) bond motifs is 1. The van der Waals surface area contributed by atoms with Gasteiger partial charge in [-0.05, 0) is 30.3 Å². The molecule has 0 amide bonds. The van der Waals surface area contributed by atoms with Crippen LogP contribution in [0.2, 0.25) is 0 Å². The van der Waals surface area contributed by atoms with E-state index in [2.05, 4.69) is 33.3 Å². The fourth-order valence-electron chi connectivity index (χ4n) is 2.86. The van der Waals surface area contributed by atoms with Crippen LogP contribution < -0.4 is 21.1 Å². The number of aromatic nitrogens is 2. The highest BCUT2D eigenvalue weighted by atomic mass is 16.5. The van der Waals surface area contributed by atoms with Crippen LogP contribution in [0.25, 0.3) is 10.9 Å². The van der Waals surface area contributed by atoms with E-state index >= 15 is 0 Å². The Morgan fingerprint density at radius 2 is 2.07 bits per heavy atom. The van der Waals surface area contributed by atoms with Gasteiger partial charge in [0, 0.05) is 23.6 Å². The van der Waals surface area contributed by atoms with Crippen LogP contribution in [-0.2, 0) is 11.8 Å². The van der Waals surface area contributed by atoms with Crippen LogP contribution in [0.4, 0.5) is 0 Å². The third-order valence-electron chi connectivity index (χ3n) is 4.24. The van der Waals surface area contributed by atoms with Gasteiger partial charge in [-0.2, -0.15) is 10.6 Å². The van der Waals surface area contributed by atoms with Gasteiger partial charge in [-0.3, -0.25) is 9.48 Å². The molecule has 4 N–H and O–H groups in total. The first-order valence-electron chi connectivity index (χ1n) is 8.30. The average Bonchev–Trinajstić information content (AvgIpc) is 3.28. The Morgan fingerprint density at radius 3 is 2.93 bits per heavy atom. The maximum Gasteiger partial charge on any atom is 0.327 e. The Balaban J connectivity index is 1.57. The lowest BCUT2D eigenvalue weighted by molar-refractivity contribution is -0.141. The van der Waals surface area contributed by atoms with E-state index in [-0.39, 0.29) is 0 Å². The molecule has 4 rings (SSSR count). The van der Waals surface area contributed by atoms with Crippen molar-refractivity contribution in [2.45, 2.75) is 12.3 Å². The van der Waals surface area contributed by atoms with Crippen LogP contribution in [0.5, 0.6) is 5.75 Å². The van der Waals surface area contributed by atoms with Gasteiger partial charge < -0.3 is 9.84 Å². The van der Waals surface area contributed by atoms with E-state index < -0.39 is 18.2 Å². The molecule has 0 spiro atoms. The molecule has 1 aliphatic rings. The molecule has 0 saturated carbocycles. The molecule has 0 radical (unpaired) electrons. The van der Waals surface area contributed by atoms with E-state index in [1.807, 2.05) is 42.1 Å². The predicted molar refractivity (Wildman–Crippen MR) is 98.4 cm³/mol. The molecule has 2 atom stereocenters. The molecule has 8 heteroatoms. The largest absolute Gasteiger partial charge is 0.480 e. The number of ether oxygens (including phenoxy) is 1. The van der Waals surface area contributed by atoms with Crippen LogP contribution in [0.1, 0.15) is 11.1 Å². The lowest BCUT2D eigenvalue weighted by Gasteiger charge is -2.16. The predicted octanol–water partition coefficient (Wildman–Crippen LogP) is 0.744. The van der Waals surface area contributed by atoms with Crippen molar-refractivity contribution in [3.63, 3.8) is 0 Å². The number of hydrazine groups is 2. The summed E-state index contributed by atoms with van der Waals surface area (Å²) in [6, 6.07) is 12.2. The number of hydrogen-bond donors (Lipinski definition) is 4. The Labute approximate surface area is 155 Å². The van der Waals surface area contributed by atoms with Gasteiger partial charge in [0.05, 0.1) is 11.7 Å². The highest BCUT2D eigenvalue weighted by molar-refractivity contribution is 5.85. The number of nitrogens with zero attached hydrogens (tertiary/aromatic N) is 2. The standard InChI is InChI=1S/C19H17N5O3/c1-24-16-7-3-5-13(15(16)11-20-24)9-8-12-4-2-6-14(10-12)27-18-17(19(25)26)21-23-22-18/h2-7,10-11,17-18,21-23H,1H3,(H,25,26). The van der Waals surface area contributed by atoms with E-state index in [1.165, 1.54) is 0 Å². The zero-order valence-corrected chi connectivity index (χ0v) is 14.4. The quantitative estimate of drug-likeness (QED) is 0.510. The Bertz CT molecular complexity index is 1070. The number of benzene rings is 2. The third kappa shape index (κ3) is 3.47. The summed E-state index contributed by atoms with van der Waals surface area (Å²) in [5.41, 5.74) is 10.5. The number of rotatable bonds is 3. The first-order chi connectivity index (χ1) is 13.1. The van der Waals surface area contributed by atoms with Crippen molar-refractivity contribution >= 4 is 16.9 Å².